The number of para-hydroxylation sites is 2. The van der Waals surface area contributed by atoms with Gasteiger partial charge in [-0.2, -0.15) is 16.8 Å². The first-order valence-corrected chi connectivity index (χ1v) is 14.5. The van der Waals surface area contributed by atoms with E-state index in [0.29, 0.717) is 16.8 Å². The van der Waals surface area contributed by atoms with Crippen LogP contribution in [0.5, 0.6) is 11.5 Å². The molecule has 0 bridgehead atoms. The maximum atomic E-state index is 12.6. The third kappa shape index (κ3) is 8.08. The molecule has 2 amide bonds. The number of hydrogen-bond donors (Lipinski definition) is 2. The Kier molecular flexibility index (Phi) is 8.29. The van der Waals surface area contributed by atoms with E-state index in [1.807, 2.05) is 0 Å². The second-order valence-electron chi connectivity index (χ2n) is 8.14. The number of urea groups is 1. The fourth-order valence-corrected chi connectivity index (χ4v) is 5.56. The van der Waals surface area contributed by atoms with Gasteiger partial charge in [0.2, 0.25) is 0 Å². The fourth-order valence-electron chi connectivity index (χ4n) is 3.42. The maximum absolute atomic E-state index is 12.6. The Hall–Kier alpha value is -4.35. The van der Waals surface area contributed by atoms with Crippen LogP contribution in [0.4, 0.5) is 16.2 Å². The van der Waals surface area contributed by atoms with Crippen LogP contribution in [-0.2, 0) is 31.7 Å². The molecule has 0 saturated carbocycles. The van der Waals surface area contributed by atoms with Crippen molar-refractivity contribution in [3.63, 3.8) is 0 Å². The Morgan fingerprint density at radius 2 is 1.08 bits per heavy atom. The molecule has 11 heteroatoms. The lowest BCUT2D eigenvalue weighted by atomic mass is 10.2. The van der Waals surface area contributed by atoms with Crippen molar-refractivity contribution in [2.24, 2.45) is 0 Å². The van der Waals surface area contributed by atoms with Crippen LogP contribution in [-0.4, -0.2) is 22.9 Å². The van der Waals surface area contributed by atoms with Crippen LogP contribution in [0.2, 0.25) is 0 Å². The van der Waals surface area contributed by atoms with E-state index in [-0.39, 0.29) is 28.7 Å². The maximum Gasteiger partial charge on any atom is 0.323 e. The number of hydrogen-bond acceptors (Lipinski definition) is 7. The summed E-state index contributed by atoms with van der Waals surface area (Å²) < 4.78 is 60.1. The fraction of sp³-hybridized carbons (Fsp3) is 0.0741. The van der Waals surface area contributed by atoms with Crippen molar-refractivity contribution in [1.82, 2.24) is 0 Å². The number of carbonyl (C=O) groups is 1. The van der Waals surface area contributed by atoms with Gasteiger partial charge in [0, 0.05) is 5.69 Å². The van der Waals surface area contributed by atoms with E-state index in [1.54, 1.807) is 72.8 Å². The average Bonchev–Trinajstić information content (AvgIpc) is 2.87. The molecule has 0 radical (unpaired) electrons. The van der Waals surface area contributed by atoms with Crippen molar-refractivity contribution >= 4 is 37.6 Å². The zero-order valence-electron chi connectivity index (χ0n) is 20.0. The number of rotatable bonds is 10. The first-order chi connectivity index (χ1) is 18.2. The van der Waals surface area contributed by atoms with E-state index in [9.17, 15) is 21.6 Å². The standard InChI is InChI=1S/C27H24N2O7S2/c30-27(28-23-15-17-24(18-16-23)35-37(31,32)19-21-9-3-1-4-10-21)29-25-13-7-8-14-26(25)36-38(33,34)20-22-11-5-2-6-12-22/h1-18H,19-20H2,(H2,28,29,30). The second-order valence-corrected chi connectivity index (χ2v) is 11.3. The van der Waals surface area contributed by atoms with Gasteiger partial charge >= 0.3 is 26.3 Å². The summed E-state index contributed by atoms with van der Waals surface area (Å²) in [5.74, 6) is -0.553. The zero-order valence-corrected chi connectivity index (χ0v) is 21.6. The molecule has 0 aliphatic heterocycles. The van der Waals surface area contributed by atoms with E-state index < -0.39 is 26.3 Å². The Morgan fingerprint density at radius 1 is 0.579 bits per heavy atom. The summed E-state index contributed by atoms with van der Waals surface area (Å²) in [7, 11) is -7.85. The number of anilines is 2. The molecule has 2 N–H and O–H groups in total. The van der Waals surface area contributed by atoms with Gasteiger partial charge in [0.05, 0.1) is 5.69 Å². The molecule has 4 aromatic rings. The zero-order chi connectivity index (χ0) is 27.0. The molecule has 38 heavy (non-hydrogen) atoms. The second kappa shape index (κ2) is 11.8. The van der Waals surface area contributed by atoms with Gasteiger partial charge < -0.3 is 19.0 Å². The van der Waals surface area contributed by atoms with Crippen LogP contribution in [0.15, 0.2) is 109 Å². The SMILES string of the molecule is O=C(Nc1ccc(OS(=O)(=O)Cc2ccccc2)cc1)Nc1ccccc1OS(=O)(=O)Cc1ccccc1. The molecule has 0 unspecified atom stereocenters. The summed E-state index contributed by atoms with van der Waals surface area (Å²) in [6.07, 6.45) is 0. The number of carbonyl (C=O) groups excluding carboxylic acids is 1. The van der Waals surface area contributed by atoms with E-state index in [2.05, 4.69) is 10.6 Å². The minimum absolute atomic E-state index is 0.0362. The van der Waals surface area contributed by atoms with Gasteiger partial charge in [0.25, 0.3) is 0 Å². The largest absolute Gasteiger partial charge is 0.382 e. The molecule has 0 aromatic heterocycles. The number of nitrogens with one attached hydrogen (secondary N) is 2. The summed E-state index contributed by atoms with van der Waals surface area (Å²) in [5.41, 5.74) is 1.66. The monoisotopic (exact) mass is 552 g/mol. The van der Waals surface area contributed by atoms with Crippen molar-refractivity contribution in [2.75, 3.05) is 10.6 Å². The van der Waals surface area contributed by atoms with Crippen LogP contribution in [0.1, 0.15) is 11.1 Å². The summed E-state index contributed by atoms with van der Waals surface area (Å²) in [6, 6.07) is 28.5. The highest BCUT2D eigenvalue weighted by Crippen LogP contribution is 2.27. The minimum Gasteiger partial charge on any atom is -0.382 e. The predicted octanol–water partition coefficient (Wildman–Crippen LogP) is 5.15. The van der Waals surface area contributed by atoms with E-state index in [4.69, 9.17) is 8.37 Å². The topological polar surface area (TPSA) is 128 Å². The molecule has 4 aromatic carbocycles. The summed E-state index contributed by atoms with van der Waals surface area (Å²) in [6.45, 7) is 0. The predicted molar refractivity (Wildman–Crippen MR) is 145 cm³/mol. The highest BCUT2D eigenvalue weighted by molar-refractivity contribution is 7.86. The molecule has 0 aliphatic carbocycles. The molecule has 0 spiro atoms. The van der Waals surface area contributed by atoms with E-state index in [0.717, 1.165) is 0 Å². The smallest absolute Gasteiger partial charge is 0.323 e. The highest BCUT2D eigenvalue weighted by Gasteiger charge is 2.18. The van der Waals surface area contributed by atoms with Gasteiger partial charge in [-0.1, -0.05) is 72.8 Å². The van der Waals surface area contributed by atoms with Crippen molar-refractivity contribution in [1.29, 1.82) is 0 Å². The lowest BCUT2D eigenvalue weighted by Gasteiger charge is -2.13. The molecule has 0 aliphatic rings. The van der Waals surface area contributed by atoms with Gasteiger partial charge in [-0.15, -0.1) is 0 Å². The van der Waals surface area contributed by atoms with Crippen molar-refractivity contribution in [3.05, 3.63) is 120 Å². The quantitative estimate of drug-likeness (QED) is 0.261. The van der Waals surface area contributed by atoms with Gasteiger partial charge in [-0.25, -0.2) is 4.79 Å². The van der Waals surface area contributed by atoms with Gasteiger partial charge in [-0.05, 0) is 47.5 Å². The number of benzene rings is 4. The van der Waals surface area contributed by atoms with Crippen LogP contribution in [0.3, 0.4) is 0 Å². The Bertz CT molecular complexity index is 1590. The molecular formula is C27H24N2O7S2. The lowest BCUT2D eigenvalue weighted by molar-refractivity contribution is 0.262. The molecular weight excluding hydrogens is 528 g/mol. The normalized spacial score (nSPS) is 11.4. The van der Waals surface area contributed by atoms with Crippen molar-refractivity contribution < 1.29 is 30.0 Å². The first-order valence-electron chi connectivity index (χ1n) is 11.4. The summed E-state index contributed by atoms with van der Waals surface area (Å²) in [4.78, 5) is 12.6. The molecule has 0 heterocycles. The van der Waals surface area contributed by atoms with Gasteiger partial charge in [0.15, 0.2) is 5.75 Å². The van der Waals surface area contributed by atoms with Crippen molar-refractivity contribution in [2.45, 2.75) is 11.5 Å². The van der Waals surface area contributed by atoms with E-state index >= 15 is 0 Å². The third-order valence-corrected chi connectivity index (χ3v) is 7.31. The summed E-state index contributed by atoms with van der Waals surface area (Å²) in [5, 5.41) is 5.15. The lowest BCUT2D eigenvalue weighted by Crippen LogP contribution is -2.20. The molecule has 0 atom stereocenters. The molecule has 4 rings (SSSR count). The number of amides is 2. The molecule has 9 nitrogen and oxygen atoms in total. The summed E-state index contributed by atoms with van der Waals surface area (Å²) >= 11 is 0. The Labute approximate surface area is 221 Å². The first kappa shape index (κ1) is 26.7. The van der Waals surface area contributed by atoms with Crippen LogP contribution >= 0.6 is 0 Å². The van der Waals surface area contributed by atoms with Crippen LogP contribution in [0.25, 0.3) is 0 Å². The highest BCUT2D eigenvalue weighted by atomic mass is 32.2. The van der Waals surface area contributed by atoms with Gasteiger partial charge in [-0.3, -0.25) is 0 Å². The molecule has 0 fully saturated rings. The van der Waals surface area contributed by atoms with Crippen molar-refractivity contribution in [3.8, 4) is 11.5 Å². The van der Waals surface area contributed by atoms with Gasteiger partial charge in [0.1, 0.15) is 17.3 Å². The molecule has 196 valence electrons. The Balaban J connectivity index is 1.36. The molecule has 0 saturated heterocycles. The van der Waals surface area contributed by atoms with Crippen LogP contribution in [0, 0.1) is 0 Å². The Morgan fingerprint density at radius 3 is 1.66 bits per heavy atom. The third-order valence-electron chi connectivity index (χ3n) is 5.06. The average molecular weight is 553 g/mol. The van der Waals surface area contributed by atoms with Crippen LogP contribution < -0.4 is 19.0 Å². The van der Waals surface area contributed by atoms with E-state index in [1.165, 1.54) is 36.4 Å². The minimum atomic E-state index is -3.98.